The molecule has 1 aliphatic carbocycles. The smallest absolute Gasteiger partial charge is 0.255 e. The first-order chi connectivity index (χ1) is 15.4. The molecule has 2 aliphatic rings. The summed E-state index contributed by atoms with van der Waals surface area (Å²) in [6, 6.07) is 4.34. The van der Waals surface area contributed by atoms with Crippen LogP contribution in [0.1, 0.15) is 54.2 Å². The molecular formula is C21H28N4O6S. The summed E-state index contributed by atoms with van der Waals surface area (Å²) in [7, 11) is -2.32. The van der Waals surface area contributed by atoms with E-state index in [1.54, 1.807) is 6.92 Å². The Labute approximate surface area is 187 Å². The number of hydrogen-bond acceptors (Lipinski definition) is 8. The predicted molar refractivity (Wildman–Crippen MR) is 114 cm³/mol. The Morgan fingerprint density at radius 1 is 1.19 bits per heavy atom. The van der Waals surface area contributed by atoms with Gasteiger partial charge in [-0.3, -0.25) is 4.79 Å². The van der Waals surface area contributed by atoms with Crippen molar-refractivity contribution >= 4 is 15.9 Å². The maximum atomic E-state index is 13.4. The van der Waals surface area contributed by atoms with Gasteiger partial charge in [0.05, 0.1) is 30.8 Å². The van der Waals surface area contributed by atoms with E-state index in [2.05, 4.69) is 15.5 Å². The molecule has 1 N–H and O–H groups in total. The SMILES string of the molecule is COc1ccc(S(=O)(=O)N2CCOCC2)cc1C(=O)NC1(c2noc(C)n2)CCCCC1. The van der Waals surface area contributed by atoms with Gasteiger partial charge in [0.15, 0.2) is 5.82 Å². The van der Waals surface area contributed by atoms with Gasteiger partial charge in [0.2, 0.25) is 15.9 Å². The minimum absolute atomic E-state index is 0.0402. The number of rotatable bonds is 6. The third-order valence-electron chi connectivity index (χ3n) is 6.04. The Hall–Kier alpha value is -2.50. The summed E-state index contributed by atoms with van der Waals surface area (Å²) in [6.45, 7) is 2.94. The Morgan fingerprint density at radius 2 is 1.91 bits per heavy atom. The van der Waals surface area contributed by atoms with Crippen LogP contribution in [0.3, 0.4) is 0 Å². The Bertz CT molecular complexity index is 1070. The maximum Gasteiger partial charge on any atom is 0.255 e. The molecule has 1 saturated carbocycles. The molecule has 0 unspecified atom stereocenters. The van der Waals surface area contributed by atoms with Crippen molar-refractivity contribution in [1.29, 1.82) is 0 Å². The molecule has 0 bridgehead atoms. The van der Waals surface area contributed by atoms with E-state index < -0.39 is 21.5 Å². The number of nitrogens with one attached hydrogen (secondary N) is 1. The number of morpholine rings is 1. The summed E-state index contributed by atoms with van der Waals surface area (Å²) in [5.74, 6) is 0.721. The molecule has 0 radical (unpaired) electrons. The number of carbonyl (C=O) groups excluding carboxylic acids is 1. The van der Waals surface area contributed by atoms with Crippen molar-refractivity contribution in [3.63, 3.8) is 0 Å². The van der Waals surface area contributed by atoms with Gasteiger partial charge in [0.25, 0.3) is 5.91 Å². The van der Waals surface area contributed by atoms with Crippen LogP contribution >= 0.6 is 0 Å². The highest BCUT2D eigenvalue weighted by Crippen LogP contribution is 2.36. The normalized spacial score (nSPS) is 19.4. The number of nitrogens with zero attached hydrogens (tertiary/aromatic N) is 3. The van der Waals surface area contributed by atoms with Crippen molar-refractivity contribution in [3.8, 4) is 5.75 Å². The minimum Gasteiger partial charge on any atom is -0.496 e. The Kier molecular flexibility index (Phi) is 6.50. The number of carbonyl (C=O) groups is 1. The largest absolute Gasteiger partial charge is 0.496 e. The van der Waals surface area contributed by atoms with Gasteiger partial charge in [0.1, 0.15) is 11.3 Å². The maximum absolute atomic E-state index is 13.4. The van der Waals surface area contributed by atoms with E-state index in [-0.39, 0.29) is 23.5 Å². The average Bonchev–Trinajstić information content (AvgIpc) is 3.27. The molecule has 0 atom stereocenters. The summed E-state index contributed by atoms with van der Waals surface area (Å²) in [5, 5.41) is 7.15. The quantitative estimate of drug-likeness (QED) is 0.688. The highest BCUT2D eigenvalue weighted by Gasteiger charge is 2.40. The summed E-state index contributed by atoms with van der Waals surface area (Å²) >= 11 is 0. The Morgan fingerprint density at radius 3 is 2.53 bits per heavy atom. The zero-order chi connectivity index (χ0) is 22.8. The molecule has 174 valence electrons. The van der Waals surface area contributed by atoms with E-state index in [4.69, 9.17) is 14.0 Å². The first-order valence-corrected chi connectivity index (χ1v) is 12.2. The van der Waals surface area contributed by atoms with Crippen LogP contribution in [0.25, 0.3) is 0 Å². The van der Waals surface area contributed by atoms with Crippen molar-refractivity contribution in [1.82, 2.24) is 19.8 Å². The second-order valence-electron chi connectivity index (χ2n) is 8.11. The number of hydrogen-bond donors (Lipinski definition) is 1. The van der Waals surface area contributed by atoms with E-state index >= 15 is 0 Å². The van der Waals surface area contributed by atoms with Gasteiger partial charge in [-0.05, 0) is 31.0 Å². The van der Waals surface area contributed by atoms with Gasteiger partial charge in [0, 0.05) is 20.0 Å². The molecule has 11 heteroatoms. The molecule has 1 aromatic heterocycles. The van der Waals surface area contributed by atoms with Gasteiger partial charge in [-0.2, -0.15) is 9.29 Å². The Balaban J connectivity index is 1.67. The molecular weight excluding hydrogens is 436 g/mol. The fourth-order valence-corrected chi connectivity index (χ4v) is 5.73. The van der Waals surface area contributed by atoms with Gasteiger partial charge < -0.3 is 19.3 Å². The molecule has 32 heavy (non-hydrogen) atoms. The lowest BCUT2D eigenvalue weighted by atomic mass is 9.80. The van der Waals surface area contributed by atoms with Crippen LogP contribution in [-0.2, 0) is 20.3 Å². The zero-order valence-electron chi connectivity index (χ0n) is 18.3. The summed E-state index contributed by atoms with van der Waals surface area (Å²) in [4.78, 5) is 17.8. The highest BCUT2D eigenvalue weighted by molar-refractivity contribution is 7.89. The highest BCUT2D eigenvalue weighted by atomic mass is 32.2. The monoisotopic (exact) mass is 464 g/mol. The third-order valence-corrected chi connectivity index (χ3v) is 7.93. The van der Waals surface area contributed by atoms with Crippen LogP contribution < -0.4 is 10.1 Å². The van der Waals surface area contributed by atoms with Crippen LogP contribution in [0.5, 0.6) is 5.75 Å². The molecule has 2 aromatic rings. The first-order valence-electron chi connectivity index (χ1n) is 10.7. The molecule has 1 saturated heterocycles. The summed E-state index contributed by atoms with van der Waals surface area (Å²) in [6.07, 6.45) is 4.23. The molecule has 1 aromatic carbocycles. The molecule has 2 fully saturated rings. The zero-order valence-corrected chi connectivity index (χ0v) is 19.1. The van der Waals surface area contributed by atoms with Crippen LogP contribution in [0.2, 0.25) is 0 Å². The van der Waals surface area contributed by atoms with Gasteiger partial charge in [-0.1, -0.05) is 24.4 Å². The van der Waals surface area contributed by atoms with Gasteiger partial charge >= 0.3 is 0 Å². The molecule has 1 amide bonds. The molecule has 2 heterocycles. The number of methoxy groups -OCH3 is 1. The van der Waals surface area contributed by atoms with E-state index in [0.717, 1.165) is 19.3 Å². The van der Waals surface area contributed by atoms with Crippen LogP contribution in [0.4, 0.5) is 0 Å². The lowest BCUT2D eigenvalue weighted by Gasteiger charge is -2.35. The molecule has 1 aliphatic heterocycles. The number of aromatic nitrogens is 2. The third kappa shape index (κ3) is 4.37. The van der Waals surface area contributed by atoms with E-state index in [0.29, 0.717) is 43.5 Å². The van der Waals surface area contributed by atoms with Crippen LogP contribution in [0, 0.1) is 6.92 Å². The number of sulfonamides is 1. The van der Waals surface area contributed by atoms with Crippen LogP contribution in [-0.4, -0.2) is 62.2 Å². The second kappa shape index (κ2) is 9.16. The topological polar surface area (TPSA) is 124 Å². The van der Waals surface area contributed by atoms with Gasteiger partial charge in [-0.25, -0.2) is 8.42 Å². The number of amides is 1. The number of benzene rings is 1. The first kappa shape index (κ1) is 22.7. The fourth-order valence-electron chi connectivity index (χ4n) is 4.30. The van der Waals surface area contributed by atoms with Crippen molar-refractivity contribution in [2.24, 2.45) is 0 Å². The summed E-state index contributed by atoms with van der Waals surface area (Å²) < 4.78 is 43.4. The molecule has 4 rings (SSSR count). The molecule has 10 nitrogen and oxygen atoms in total. The van der Waals surface area contributed by atoms with Crippen molar-refractivity contribution in [2.45, 2.75) is 49.5 Å². The van der Waals surface area contributed by atoms with Crippen LogP contribution in [0.15, 0.2) is 27.6 Å². The summed E-state index contributed by atoms with van der Waals surface area (Å²) in [5.41, 5.74) is -0.621. The van der Waals surface area contributed by atoms with E-state index in [9.17, 15) is 13.2 Å². The number of ether oxygens (including phenoxy) is 2. The van der Waals surface area contributed by atoms with Crippen molar-refractivity contribution in [2.75, 3.05) is 33.4 Å². The average molecular weight is 465 g/mol. The van der Waals surface area contributed by atoms with Gasteiger partial charge in [-0.15, -0.1) is 0 Å². The van der Waals surface area contributed by atoms with E-state index in [1.165, 1.54) is 29.6 Å². The lowest BCUT2D eigenvalue weighted by molar-refractivity contribution is 0.0730. The van der Waals surface area contributed by atoms with Crippen molar-refractivity contribution < 1.29 is 27.2 Å². The second-order valence-corrected chi connectivity index (χ2v) is 10.1. The molecule has 0 spiro atoms. The number of aryl methyl sites for hydroxylation is 1. The van der Waals surface area contributed by atoms with E-state index in [1.807, 2.05) is 0 Å². The standard InChI is InChI=1S/C21H28N4O6S/c1-15-22-20(24-31-15)21(8-4-3-5-9-21)23-19(26)17-14-16(6-7-18(17)29-2)32(27,28)25-10-12-30-13-11-25/h6-7,14H,3-5,8-13H2,1-2H3,(H,23,26). The predicted octanol–water partition coefficient (Wildman–Crippen LogP) is 2.00. The minimum atomic E-state index is -3.76. The lowest BCUT2D eigenvalue weighted by Crippen LogP contribution is -2.48. The van der Waals surface area contributed by atoms with Crippen molar-refractivity contribution in [3.05, 3.63) is 35.5 Å². The fraction of sp³-hybridized carbons (Fsp3) is 0.571.